The van der Waals surface area contributed by atoms with Gasteiger partial charge < -0.3 is 14.6 Å². The highest BCUT2D eigenvalue weighted by Gasteiger charge is 2.23. The van der Waals surface area contributed by atoms with E-state index in [0.717, 1.165) is 0 Å². The Hall–Kier alpha value is -2.30. The number of Topliss-reactive ketones (excluding diaryl/α,β-unsaturated/α-hetero) is 1. The molecule has 0 aliphatic heterocycles. The second kappa shape index (κ2) is 6.58. The fourth-order valence-corrected chi connectivity index (χ4v) is 1.59. The van der Waals surface area contributed by atoms with E-state index in [1.165, 1.54) is 14.0 Å². The molecule has 102 valence electrons. The molecule has 19 heavy (non-hydrogen) atoms. The van der Waals surface area contributed by atoms with Crippen LogP contribution in [0.15, 0.2) is 29.8 Å². The van der Waals surface area contributed by atoms with Crippen LogP contribution in [0.5, 0.6) is 5.75 Å². The number of ketones is 1. The molecule has 0 saturated carbocycles. The summed E-state index contributed by atoms with van der Waals surface area (Å²) in [6.45, 7) is 2.93. The monoisotopic (exact) mass is 264 g/mol. The summed E-state index contributed by atoms with van der Waals surface area (Å²) in [5.41, 5.74) is -0.116. The molecule has 5 nitrogen and oxygen atoms in total. The van der Waals surface area contributed by atoms with Gasteiger partial charge in [-0.2, -0.15) is 0 Å². The van der Waals surface area contributed by atoms with Crippen LogP contribution in [0.3, 0.4) is 0 Å². The number of rotatable bonds is 5. The Morgan fingerprint density at radius 1 is 1.26 bits per heavy atom. The van der Waals surface area contributed by atoms with Gasteiger partial charge in [-0.1, -0.05) is 12.1 Å². The van der Waals surface area contributed by atoms with Crippen molar-refractivity contribution in [2.24, 2.45) is 0 Å². The second-order valence-corrected chi connectivity index (χ2v) is 3.70. The first-order chi connectivity index (χ1) is 9.02. The van der Waals surface area contributed by atoms with Crippen molar-refractivity contribution in [2.45, 2.75) is 13.8 Å². The second-order valence-electron chi connectivity index (χ2n) is 3.70. The average molecular weight is 264 g/mol. The zero-order chi connectivity index (χ0) is 14.4. The largest absolute Gasteiger partial charge is 0.506 e. The highest BCUT2D eigenvalue weighted by molar-refractivity contribution is 6.21. The number of carbonyl (C=O) groups is 2. The first-order valence-corrected chi connectivity index (χ1v) is 5.77. The Morgan fingerprint density at radius 2 is 1.89 bits per heavy atom. The number of aliphatic hydroxyl groups excluding tert-OH is 1. The molecule has 0 bridgehead atoms. The van der Waals surface area contributed by atoms with E-state index in [1.807, 2.05) is 0 Å². The number of esters is 1. The molecule has 0 atom stereocenters. The minimum absolute atomic E-state index is 0.120. The van der Waals surface area contributed by atoms with Crippen molar-refractivity contribution in [3.05, 3.63) is 35.4 Å². The Balaban J connectivity index is 3.37. The van der Waals surface area contributed by atoms with Gasteiger partial charge in [0.1, 0.15) is 17.1 Å². The molecule has 0 amide bonds. The lowest BCUT2D eigenvalue weighted by Crippen LogP contribution is -2.16. The number of carbonyl (C=O) groups excluding carboxylic acids is 2. The van der Waals surface area contributed by atoms with Crippen molar-refractivity contribution < 1.29 is 24.2 Å². The number of para-hydroxylation sites is 1. The standard InChI is InChI=1S/C14H16O5/c1-4-19-14(17)12(9(2)15)13(16)10-7-5-6-8-11(10)18-3/h5-8,16H,4H2,1-3H3/b13-12+. The highest BCUT2D eigenvalue weighted by atomic mass is 16.5. The molecule has 0 radical (unpaired) electrons. The molecule has 1 aromatic carbocycles. The summed E-state index contributed by atoms with van der Waals surface area (Å²) in [4.78, 5) is 23.2. The maximum Gasteiger partial charge on any atom is 0.345 e. The number of hydrogen-bond donors (Lipinski definition) is 1. The molecule has 0 fully saturated rings. The van der Waals surface area contributed by atoms with Crippen LogP contribution in [0, 0.1) is 0 Å². The van der Waals surface area contributed by atoms with Crippen LogP contribution in [0.1, 0.15) is 19.4 Å². The van der Waals surface area contributed by atoms with Crippen LogP contribution in [-0.2, 0) is 14.3 Å². The normalized spacial score (nSPS) is 11.5. The molecule has 1 aromatic rings. The predicted molar refractivity (Wildman–Crippen MR) is 69.9 cm³/mol. The van der Waals surface area contributed by atoms with Crippen LogP contribution < -0.4 is 4.74 Å². The Kier molecular flexibility index (Phi) is 5.11. The van der Waals surface area contributed by atoms with Crippen LogP contribution >= 0.6 is 0 Å². The zero-order valence-corrected chi connectivity index (χ0v) is 11.1. The first-order valence-electron chi connectivity index (χ1n) is 5.77. The summed E-state index contributed by atoms with van der Waals surface area (Å²) in [7, 11) is 1.43. The molecule has 0 unspecified atom stereocenters. The van der Waals surface area contributed by atoms with Crippen molar-refractivity contribution in [2.75, 3.05) is 13.7 Å². The van der Waals surface area contributed by atoms with E-state index in [0.29, 0.717) is 5.75 Å². The maximum atomic E-state index is 11.7. The summed E-state index contributed by atoms with van der Waals surface area (Å²) >= 11 is 0. The Morgan fingerprint density at radius 3 is 2.42 bits per heavy atom. The number of methoxy groups -OCH3 is 1. The van der Waals surface area contributed by atoms with Gasteiger partial charge in [0.05, 0.1) is 19.3 Å². The van der Waals surface area contributed by atoms with Crippen LogP contribution in [0.4, 0.5) is 0 Å². The summed E-state index contributed by atoms with van der Waals surface area (Å²) in [5.74, 6) is -1.49. The van der Waals surface area contributed by atoms with Crippen LogP contribution in [0.2, 0.25) is 0 Å². The van der Waals surface area contributed by atoms with Gasteiger partial charge in [0.15, 0.2) is 5.78 Å². The van der Waals surface area contributed by atoms with Crippen molar-refractivity contribution >= 4 is 17.5 Å². The van der Waals surface area contributed by atoms with E-state index in [4.69, 9.17) is 9.47 Å². The van der Waals surface area contributed by atoms with Crippen molar-refractivity contribution in [3.8, 4) is 5.75 Å². The summed E-state index contributed by atoms with van der Waals surface area (Å²) < 4.78 is 9.84. The Bertz CT molecular complexity index is 516. The van der Waals surface area contributed by atoms with E-state index in [2.05, 4.69) is 0 Å². The molecule has 1 rings (SSSR count). The summed E-state index contributed by atoms with van der Waals surface area (Å²) in [5, 5.41) is 10.1. The van der Waals surface area contributed by atoms with E-state index < -0.39 is 17.5 Å². The quantitative estimate of drug-likeness (QED) is 0.290. The lowest BCUT2D eigenvalue weighted by molar-refractivity contribution is -0.139. The van der Waals surface area contributed by atoms with Crippen molar-refractivity contribution in [3.63, 3.8) is 0 Å². The van der Waals surface area contributed by atoms with Gasteiger partial charge in [0, 0.05) is 0 Å². The van der Waals surface area contributed by atoms with E-state index in [1.54, 1.807) is 31.2 Å². The molecular formula is C14H16O5. The third-order valence-electron chi connectivity index (χ3n) is 2.43. The fourth-order valence-electron chi connectivity index (χ4n) is 1.59. The number of benzene rings is 1. The molecule has 1 N–H and O–H groups in total. The lowest BCUT2D eigenvalue weighted by Gasteiger charge is -2.10. The van der Waals surface area contributed by atoms with E-state index in [9.17, 15) is 14.7 Å². The predicted octanol–water partition coefficient (Wildman–Crippen LogP) is 2.12. The van der Waals surface area contributed by atoms with Gasteiger partial charge in [-0.15, -0.1) is 0 Å². The SMILES string of the molecule is CCOC(=O)/C(C(C)=O)=C(/O)c1ccccc1OC. The summed E-state index contributed by atoms with van der Waals surface area (Å²) in [6, 6.07) is 6.55. The van der Waals surface area contributed by atoms with Gasteiger partial charge in [0.2, 0.25) is 0 Å². The van der Waals surface area contributed by atoms with Crippen molar-refractivity contribution in [1.82, 2.24) is 0 Å². The molecule has 0 saturated heterocycles. The van der Waals surface area contributed by atoms with Gasteiger partial charge in [0.25, 0.3) is 0 Å². The fraction of sp³-hybridized carbons (Fsp3) is 0.286. The third-order valence-corrected chi connectivity index (χ3v) is 2.43. The van der Waals surface area contributed by atoms with Crippen LogP contribution in [-0.4, -0.2) is 30.6 Å². The number of ether oxygens (including phenoxy) is 2. The minimum Gasteiger partial charge on any atom is -0.506 e. The third kappa shape index (κ3) is 3.34. The highest BCUT2D eigenvalue weighted by Crippen LogP contribution is 2.26. The van der Waals surface area contributed by atoms with Gasteiger partial charge >= 0.3 is 5.97 Å². The number of hydrogen-bond acceptors (Lipinski definition) is 5. The zero-order valence-electron chi connectivity index (χ0n) is 11.1. The molecule has 0 heterocycles. The molecule has 0 aliphatic carbocycles. The summed E-state index contributed by atoms with van der Waals surface area (Å²) in [6.07, 6.45) is 0. The lowest BCUT2D eigenvalue weighted by atomic mass is 10.0. The average Bonchev–Trinajstić information content (AvgIpc) is 2.38. The van der Waals surface area contributed by atoms with Gasteiger partial charge in [-0.25, -0.2) is 4.79 Å². The smallest absolute Gasteiger partial charge is 0.345 e. The number of aliphatic hydroxyl groups is 1. The minimum atomic E-state index is -0.849. The molecule has 0 aromatic heterocycles. The Labute approximate surface area is 111 Å². The van der Waals surface area contributed by atoms with Gasteiger partial charge in [-0.3, -0.25) is 4.79 Å². The molecular weight excluding hydrogens is 248 g/mol. The molecule has 5 heteroatoms. The van der Waals surface area contributed by atoms with E-state index in [-0.39, 0.29) is 17.7 Å². The molecule has 0 aliphatic rings. The van der Waals surface area contributed by atoms with Gasteiger partial charge in [-0.05, 0) is 26.0 Å². The molecule has 0 spiro atoms. The van der Waals surface area contributed by atoms with Crippen molar-refractivity contribution in [1.29, 1.82) is 0 Å². The maximum absolute atomic E-state index is 11.7. The van der Waals surface area contributed by atoms with Crippen LogP contribution in [0.25, 0.3) is 5.76 Å². The topological polar surface area (TPSA) is 72.8 Å². The first kappa shape index (κ1) is 14.8. The van der Waals surface area contributed by atoms with E-state index >= 15 is 0 Å².